The zero-order chi connectivity index (χ0) is 18.9. The third-order valence-electron chi connectivity index (χ3n) is 4.91. The molecule has 3 rings (SSSR count). The van der Waals surface area contributed by atoms with E-state index in [1.54, 1.807) is 19.2 Å². The van der Waals surface area contributed by atoms with Crippen molar-refractivity contribution < 1.29 is 14.3 Å². The smallest absolute Gasteiger partial charge is 0.325 e. The van der Waals surface area contributed by atoms with Gasteiger partial charge in [-0.1, -0.05) is 48.4 Å². The van der Waals surface area contributed by atoms with Gasteiger partial charge in [0.1, 0.15) is 11.3 Å². The summed E-state index contributed by atoms with van der Waals surface area (Å²) in [4.78, 5) is 27.1. The molecule has 1 fully saturated rings. The number of benzene rings is 2. The molecule has 1 unspecified atom stereocenters. The van der Waals surface area contributed by atoms with Crippen LogP contribution in [0.25, 0.3) is 0 Å². The normalized spacial score (nSPS) is 19.6. The number of ether oxygens (including phenoxy) is 1. The first-order valence-corrected chi connectivity index (χ1v) is 8.75. The van der Waals surface area contributed by atoms with Crippen molar-refractivity contribution in [3.63, 3.8) is 0 Å². The molecular weight excluding hydrogens is 328 g/mol. The van der Waals surface area contributed by atoms with Crippen molar-refractivity contribution in [2.24, 2.45) is 0 Å². The fourth-order valence-electron chi connectivity index (χ4n) is 3.63. The summed E-state index contributed by atoms with van der Waals surface area (Å²) in [5.41, 5.74) is 2.92. The number of urea groups is 1. The number of nitrogens with zero attached hydrogens (tertiary/aromatic N) is 1. The fraction of sp³-hybridized carbons (Fsp3) is 0.333. The van der Waals surface area contributed by atoms with Crippen molar-refractivity contribution >= 4 is 11.9 Å². The van der Waals surface area contributed by atoms with E-state index in [9.17, 15) is 9.59 Å². The highest BCUT2D eigenvalue weighted by Gasteiger charge is 2.51. The second kappa shape index (κ2) is 6.83. The Labute approximate surface area is 154 Å². The Kier molecular flexibility index (Phi) is 4.72. The van der Waals surface area contributed by atoms with Crippen LogP contribution >= 0.6 is 0 Å². The molecule has 2 aromatic carbocycles. The van der Waals surface area contributed by atoms with E-state index in [0.717, 1.165) is 22.3 Å². The first-order valence-electron chi connectivity index (χ1n) is 8.75. The molecule has 0 aromatic heterocycles. The highest BCUT2D eigenvalue weighted by molar-refractivity contribution is 6.07. The van der Waals surface area contributed by atoms with Gasteiger partial charge in [0.2, 0.25) is 0 Å². The third kappa shape index (κ3) is 3.05. The fourth-order valence-corrected chi connectivity index (χ4v) is 3.63. The standard InChI is InChI=1S/C21H24N2O3/c1-5-21(17-6-8-18(26-4)9-7-17)19(24)23(20(25)22-21)13-16-11-14(2)10-15(3)12-16/h6-12H,5,13H2,1-4H3,(H,22,25). The topological polar surface area (TPSA) is 58.6 Å². The number of imide groups is 1. The molecule has 2 aromatic rings. The van der Waals surface area contributed by atoms with Crippen LogP contribution in [0.15, 0.2) is 42.5 Å². The van der Waals surface area contributed by atoms with E-state index in [4.69, 9.17) is 4.74 Å². The minimum Gasteiger partial charge on any atom is -0.497 e. The maximum Gasteiger partial charge on any atom is 0.325 e. The van der Waals surface area contributed by atoms with Gasteiger partial charge in [-0.15, -0.1) is 0 Å². The molecule has 0 saturated carbocycles. The molecule has 1 N–H and O–H groups in total. The number of hydrogen-bond acceptors (Lipinski definition) is 3. The summed E-state index contributed by atoms with van der Waals surface area (Å²) in [6.07, 6.45) is 0.479. The van der Waals surface area contributed by atoms with Crippen LogP contribution in [0.3, 0.4) is 0 Å². The first kappa shape index (κ1) is 18.0. The maximum atomic E-state index is 13.2. The molecule has 1 saturated heterocycles. The van der Waals surface area contributed by atoms with Gasteiger partial charge in [-0.2, -0.15) is 0 Å². The zero-order valence-corrected chi connectivity index (χ0v) is 15.6. The van der Waals surface area contributed by atoms with E-state index < -0.39 is 5.54 Å². The molecular formula is C21H24N2O3. The average Bonchev–Trinajstić information content (AvgIpc) is 2.86. The third-order valence-corrected chi connectivity index (χ3v) is 4.91. The Balaban J connectivity index is 1.92. The van der Waals surface area contributed by atoms with E-state index in [2.05, 4.69) is 11.4 Å². The number of rotatable bonds is 5. The second-order valence-electron chi connectivity index (χ2n) is 6.80. The average molecular weight is 352 g/mol. The van der Waals surface area contributed by atoms with Gasteiger partial charge in [0.25, 0.3) is 5.91 Å². The van der Waals surface area contributed by atoms with E-state index in [0.29, 0.717) is 12.2 Å². The molecule has 5 heteroatoms. The van der Waals surface area contributed by atoms with E-state index in [1.807, 2.05) is 45.0 Å². The minimum atomic E-state index is -1.03. The number of methoxy groups -OCH3 is 1. The summed E-state index contributed by atoms with van der Waals surface area (Å²) in [5, 5.41) is 2.92. The minimum absolute atomic E-state index is 0.214. The number of carbonyl (C=O) groups excluding carboxylic acids is 2. The van der Waals surface area contributed by atoms with Crippen molar-refractivity contribution in [3.05, 3.63) is 64.7 Å². The lowest BCUT2D eigenvalue weighted by molar-refractivity contribution is -0.132. The lowest BCUT2D eigenvalue weighted by atomic mass is 9.87. The Hall–Kier alpha value is -2.82. The van der Waals surface area contributed by atoms with Crippen LogP contribution in [-0.4, -0.2) is 23.9 Å². The van der Waals surface area contributed by atoms with Crippen molar-refractivity contribution in [1.29, 1.82) is 0 Å². The number of hydrogen-bond donors (Lipinski definition) is 1. The summed E-state index contributed by atoms with van der Waals surface area (Å²) in [7, 11) is 1.60. The Morgan fingerprint density at radius 3 is 2.19 bits per heavy atom. The van der Waals surface area contributed by atoms with Crippen molar-refractivity contribution in [2.45, 2.75) is 39.3 Å². The van der Waals surface area contributed by atoms with Crippen LogP contribution in [0.1, 0.15) is 35.6 Å². The highest BCUT2D eigenvalue weighted by Crippen LogP contribution is 2.34. The SMILES string of the molecule is CCC1(c2ccc(OC)cc2)NC(=O)N(Cc2cc(C)cc(C)c2)C1=O. The van der Waals surface area contributed by atoms with Gasteiger partial charge in [-0.05, 0) is 43.5 Å². The summed E-state index contributed by atoms with van der Waals surface area (Å²) in [6.45, 7) is 6.19. The van der Waals surface area contributed by atoms with Gasteiger partial charge < -0.3 is 10.1 Å². The van der Waals surface area contributed by atoms with Gasteiger partial charge in [0, 0.05) is 0 Å². The highest BCUT2D eigenvalue weighted by atomic mass is 16.5. The van der Waals surface area contributed by atoms with Crippen molar-refractivity contribution in [3.8, 4) is 5.75 Å². The summed E-state index contributed by atoms with van der Waals surface area (Å²) < 4.78 is 5.19. The first-order chi connectivity index (χ1) is 12.4. The van der Waals surface area contributed by atoms with E-state index in [-0.39, 0.29) is 18.5 Å². The van der Waals surface area contributed by atoms with Crippen LogP contribution in [0.2, 0.25) is 0 Å². The Bertz CT molecular complexity index is 825. The van der Waals surface area contributed by atoms with Gasteiger partial charge in [-0.25, -0.2) is 4.79 Å². The quantitative estimate of drug-likeness (QED) is 0.835. The van der Waals surface area contributed by atoms with Crippen molar-refractivity contribution in [2.75, 3.05) is 7.11 Å². The van der Waals surface area contributed by atoms with Crippen LogP contribution in [0.5, 0.6) is 5.75 Å². The Morgan fingerprint density at radius 1 is 1.04 bits per heavy atom. The predicted molar refractivity (Wildman–Crippen MR) is 100.0 cm³/mol. The molecule has 0 spiro atoms. The molecule has 3 amide bonds. The molecule has 5 nitrogen and oxygen atoms in total. The number of amides is 3. The van der Waals surface area contributed by atoms with Gasteiger partial charge in [-0.3, -0.25) is 9.69 Å². The monoisotopic (exact) mass is 352 g/mol. The molecule has 136 valence electrons. The molecule has 1 heterocycles. The van der Waals surface area contributed by atoms with Crippen LogP contribution in [0, 0.1) is 13.8 Å². The van der Waals surface area contributed by atoms with E-state index >= 15 is 0 Å². The van der Waals surface area contributed by atoms with Gasteiger partial charge in [0.15, 0.2) is 0 Å². The lowest BCUT2D eigenvalue weighted by Crippen LogP contribution is -2.43. The van der Waals surface area contributed by atoms with E-state index in [1.165, 1.54) is 4.90 Å². The molecule has 0 bridgehead atoms. The van der Waals surface area contributed by atoms with Crippen LogP contribution in [-0.2, 0) is 16.9 Å². The largest absolute Gasteiger partial charge is 0.497 e. The number of aryl methyl sites for hydroxylation is 2. The Morgan fingerprint density at radius 2 is 1.65 bits per heavy atom. The molecule has 1 aliphatic rings. The summed E-state index contributed by atoms with van der Waals surface area (Å²) in [6, 6.07) is 13.0. The number of nitrogens with one attached hydrogen (secondary N) is 1. The molecule has 0 radical (unpaired) electrons. The lowest BCUT2D eigenvalue weighted by Gasteiger charge is -2.26. The predicted octanol–water partition coefficient (Wildman–Crippen LogP) is 3.67. The zero-order valence-electron chi connectivity index (χ0n) is 15.6. The number of carbonyl (C=O) groups is 2. The van der Waals surface area contributed by atoms with Gasteiger partial charge in [0.05, 0.1) is 13.7 Å². The van der Waals surface area contributed by atoms with Gasteiger partial charge >= 0.3 is 6.03 Å². The molecule has 1 aliphatic heterocycles. The van der Waals surface area contributed by atoms with Crippen LogP contribution in [0.4, 0.5) is 4.79 Å². The molecule has 1 atom stereocenters. The van der Waals surface area contributed by atoms with Crippen LogP contribution < -0.4 is 10.1 Å². The molecule has 0 aliphatic carbocycles. The molecule has 26 heavy (non-hydrogen) atoms. The summed E-state index contributed by atoms with van der Waals surface area (Å²) in [5.74, 6) is 0.498. The maximum absolute atomic E-state index is 13.2. The van der Waals surface area contributed by atoms with Crippen molar-refractivity contribution in [1.82, 2.24) is 10.2 Å². The second-order valence-corrected chi connectivity index (χ2v) is 6.80. The summed E-state index contributed by atoms with van der Waals surface area (Å²) >= 11 is 0.